The van der Waals surface area contributed by atoms with Gasteiger partial charge in [0, 0.05) is 50.4 Å². The van der Waals surface area contributed by atoms with Gasteiger partial charge in [0.05, 0.1) is 12.6 Å². The quantitative estimate of drug-likeness (QED) is 0.872. The van der Waals surface area contributed by atoms with Crippen molar-refractivity contribution in [2.75, 3.05) is 26.7 Å². The van der Waals surface area contributed by atoms with Crippen LogP contribution in [0.5, 0.6) is 5.75 Å². The fraction of sp³-hybridized carbons (Fsp3) is 0.467. The van der Waals surface area contributed by atoms with E-state index < -0.39 is 0 Å². The second kappa shape index (κ2) is 5.23. The number of nitrogens with one attached hydrogen (secondary N) is 2. The minimum Gasteiger partial charge on any atom is -0.497 e. The molecule has 1 aliphatic rings. The smallest absolute Gasteiger partial charge is 0.120 e. The van der Waals surface area contributed by atoms with Crippen LogP contribution < -0.4 is 15.4 Å². The molecule has 1 saturated heterocycles. The Labute approximate surface area is 113 Å². The summed E-state index contributed by atoms with van der Waals surface area (Å²) in [7, 11) is 3.81. The number of methoxy groups -OCH3 is 1. The van der Waals surface area contributed by atoms with Crippen molar-refractivity contribution < 1.29 is 4.74 Å². The standard InChI is InChI=1S/C15H21N3O/c1-18-10-11(7-12-9-16-5-6-17-12)14-4-3-13(19-2)8-15(14)18/h3-4,8,10,12,16-17H,5-7,9H2,1-2H3. The topological polar surface area (TPSA) is 38.2 Å². The molecule has 1 aromatic heterocycles. The molecule has 0 spiro atoms. The summed E-state index contributed by atoms with van der Waals surface area (Å²) in [6.07, 6.45) is 3.30. The molecule has 2 heterocycles. The van der Waals surface area contributed by atoms with Gasteiger partial charge in [-0.15, -0.1) is 0 Å². The molecule has 102 valence electrons. The van der Waals surface area contributed by atoms with E-state index in [1.165, 1.54) is 16.5 Å². The Morgan fingerprint density at radius 3 is 3.00 bits per heavy atom. The molecule has 0 bridgehead atoms. The maximum absolute atomic E-state index is 5.30. The number of hydrogen-bond acceptors (Lipinski definition) is 3. The van der Waals surface area contributed by atoms with Crippen molar-refractivity contribution in [1.82, 2.24) is 15.2 Å². The van der Waals surface area contributed by atoms with Gasteiger partial charge in [0.1, 0.15) is 5.75 Å². The lowest BCUT2D eigenvalue weighted by Crippen LogP contribution is -2.49. The highest BCUT2D eigenvalue weighted by Crippen LogP contribution is 2.26. The number of ether oxygens (including phenoxy) is 1. The molecular formula is C15H21N3O. The van der Waals surface area contributed by atoms with Crippen molar-refractivity contribution in [1.29, 1.82) is 0 Å². The van der Waals surface area contributed by atoms with Gasteiger partial charge in [0.15, 0.2) is 0 Å². The summed E-state index contributed by atoms with van der Waals surface area (Å²) < 4.78 is 7.48. The largest absolute Gasteiger partial charge is 0.497 e. The predicted molar refractivity (Wildman–Crippen MR) is 77.8 cm³/mol. The number of nitrogens with zero attached hydrogens (tertiary/aromatic N) is 1. The zero-order chi connectivity index (χ0) is 13.2. The van der Waals surface area contributed by atoms with Crippen LogP contribution in [0.1, 0.15) is 5.56 Å². The molecule has 0 aliphatic carbocycles. The number of hydrogen-bond donors (Lipinski definition) is 2. The first-order valence-corrected chi connectivity index (χ1v) is 6.84. The third-order valence-corrected chi connectivity index (χ3v) is 3.87. The number of aryl methyl sites for hydroxylation is 1. The minimum absolute atomic E-state index is 0.529. The molecule has 1 aromatic carbocycles. The predicted octanol–water partition coefficient (Wildman–Crippen LogP) is 1.29. The lowest BCUT2D eigenvalue weighted by molar-refractivity contribution is 0.415. The van der Waals surface area contributed by atoms with E-state index in [4.69, 9.17) is 4.74 Å². The zero-order valence-electron chi connectivity index (χ0n) is 11.6. The molecule has 1 atom stereocenters. The molecular weight excluding hydrogens is 238 g/mol. The Bertz CT molecular complexity index is 570. The maximum Gasteiger partial charge on any atom is 0.120 e. The number of rotatable bonds is 3. The summed E-state index contributed by atoms with van der Waals surface area (Å²) in [6.45, 7) is 3.18. The monoisotopic (exact) mass is 259 g/mol. The lowest BCUT2D eigenvalue weighted by atomic mass is 10.0. The SMILES string of the molecule is COc1ccc2c(CC3CNCCN3)cn(C)c2c1. The second-order valence-corrected chi connectivity index (χ2v) is 5.21. The highest BCUT2D eigenvalue weighted by Gasteiger charge is 2.15. The van der Waals surface area contributed by atoms with E-state index in [1.54, 1.807) is 7.11 Å². The number of benzene rings is 1. The first-order chi connectivity index (χ1) is 9.28. The summed E-state index contributed by atoms with van der Waals surface area (Å²) in [5.74, 6) is 0.915. The van der Waals surface area contributed by atoms with Gasteiger partial charge in [0.2, 0.25) is 0 Å². The lowest BCUT2D eigenvalue weighted by Gasteiger charge is -2.24. The van der Waals surface area contributed by atoms with Crippen molar-refractivity contribution in [2.45, 2.75) is 12.5 Å². The third kappa shape index (κ3) is 2.46. The molecule has 0 saturated carbocycles. The first kappa shape index (κ1) is 12.5. The average molecular weight is 259 g/mol. The number of fused-ring (bicyclic) bond motifs is 1. The summed E-state index contributed by atoms with van der Waals surface area (Å²) in [5, 5.41) is 8.34. The van der Waals surface area contributed by atoms with Gasteiger partial charge in [-0.3, -0.25) is 0 Å². The van der Waals surface area contributed by atoms with Crippen LogP contribution >= 0.6 is 0 Å². The maximum atomic E-state index is 5.30. The summed E-state index contributed by atoms with van der Waals surface area (Å²) >= 11 is 0. The van der Waals surface area contributed by atoms with Crippen molar-refractivity contribution in [3.63, 3.8) is 0 Å². The third-order valence-electron chi connectivity index (χ3n) is 3.87. The van der Waals surface area contributed by atoms with E-state index in [0.29, 0.717) is 6.04 Å². The molecule has 19 heavy (non-hydrogen) atoms. The molecule has 4 heteroatoms. The van der Waals surface area contributed by atoms with Crippen molar-refractivity contribution >= 4 is 10.9 Å². The molecule has 1 fully saturated rings. The Morgan fingerprint density at radius 1 is 1.37 bits per heavy atom. The van der Waals surface area contributed by atoms with Crippen LogP contribution in [0, 0.1) is 0 Å². The van der Waals surface area contributed by atoms with Gasteiger partial charge < -0.3 is 19.9 Å². The second-order valence-electron chi connectivity index (χ2n) is 5.21. The Morgan fingerprint density at radius 2 is 2.26 bits per heavy atom. The number of aromatic nitrogens is 1. The van der Waals surface area contributed by atoms with E-state index in [1.807, 2.05) is 6.07 Å². The van der Waals surface area contributed by atoms with E-state index in [9.17, 15) is 0 Å². The van der Waals surface area contributed by atoms with Crippen molar-refractivity contribution in [3.05, 3.63) is 30.0 Å². The van der Waals surface area contributed by atoms with Gasteiger partial charge in [-0.1, -0.05) is 0 Å². The van der Waals surface area contributed by atoms with Gasteiger partial charge in [-0.05, 0) is 24.1 Å². The van der Waals surface area contributed by atoms with Gasteiger partial charge >= 0.3 is 0 Å². The molecule has 0 radical (unpaired) electrons. The molecule has 1 aliphatic heterocycles. The highest BCUT2D eigenvalue weighted by atomic mass is 16.5. The fourth-order valence-corrected chi connectivity index (χ4v) is 2.86. The Hall–Kier alpha value is -1.52. The van der Waals surface area contributed by atoms with Crippen LogP contribution in [0.2, 0.25) is 0 Å². The molecule has 3 rings (SSSR count). The summed E-state index contributed by atoms with van der Waals surface area (Å²) in [6, 6.07) is 6.84. The van der Waals surface area contributed by atoms with E-state index in [-0.39, 0.29) is 0 Å². The zero-order valence-corrected chi connectivity index (χ0v) is 11.6. The van der Waals surface area contributed by atoms with Gasteiger partial charge in [-0.25, -0.2) is 0 Å². The normalized spacial score (nSPS) is 19.8. The molecule has 1 unspecified atom stereocenters. The van der Waals surface area contributed by atoms with Gasteiger partial charge in [0.25, 0.3) is 0 Å². The average Bonchev–Trinajstić information content (AvgIpc) is 2.76. The van der Waals surface area contributed by atoms with Crippen LogP contribution in [0.25, 0.3) is 10.9 Å². The van der Waals surface area contributed by atoms with Crippen LogP contribution in [0.4, 0.5) is 0 Å². The summed E-state index contributed by atoms with van der Waals surface area (Å²) in [5.41, 5.74) is 2.64. The van der Waals surface area contributed by atoms with E-state index >= 15 is 0 Å². The fourth-order valence-electron chi connectivity index (χ4n) is 2.86. The van der Waals surface area contributed by atoms with Crippen LogP contribution in [0.3, 0.4) is 0 Å². The van der Waals surface area contributed by atoms with Crippen LogP contribution in [-0.4, -0.2) is 37.4 Å². The number of piperazine rings is 1. The first-order valence-electron chi connectivity index (χ1n) is 6.84. The van der Waals surface area contributed by atoms with Crippen molar-refractivity contribution in [2.24, 2.45) is 7.05 Å². The van der Waals surface area contributed by atoms with Gasteiger partial charge in [-0.2, -0.15) is 0 Å². The molecule has 4 nitrogen and oxygen atoms in total. The van der Waals surface area contributed by atoms with E-state index in [2.05, 4.69) is 40.6 Å². The molecule has 2 N–H and O–H groups in total. The van der Waals surface area contributed by atoms with Crippen LogP contribution in [-0.2, 0) is 13.5 Å². The minimum atomic E-state index is 0.529. The van der Waals surface area contributed by atoms with E-state index in [0.717, 1.165) is 31.8 Å². The Kier molecular flexibility index (Phi) is 3.44. The van der Waals surface area contributed by atoms with Crippen LogP contribution in [0.15, 0.2) is 24.4 Å². The molecule has 0 amide bonds. The molecule has 2 aromatic rings. The highest BCUT2D eigenvalue weighted by molar-refractivity contribution is 5.85. The van der Waals surface area contributed by atoms with Crippen molar-refractivity contribution in [3.8, 4) is 5.75 Å². The Balaban J connectivity index is 1.90. The summed E-state index contributed by atoms with van der Waals surface area (Å²) in [4.78, 5) is 0.